The van der Waals surface area contributed by atoms with Gasteiger partial charge in [0.1, 0.15) is 0 Å². The maximum atomic E-state index is 14.1. The predicted molar refractivity (Wildman–Crippen MR) is 110 cm³/mol. The van der Waals surface area contributed by atoms with E-state index in [1.54, 1.807) is 12.5 Å². The van der Waals surface area contributed by atoms with E-state index in [0.717, 1.165) is 0 Å². The van der Waals surface area contributed by atoms with E-state index >= 15 is 0 Å². The Morgan fingerprint density at radius 3 is 1.50 bits per heavy atom. The summed E-state index contributed by atoms with van der Waals surface area (Å²) in [5.74, 6) is -2.52. The molecule has 160 valence electrons. The number of allylic oxidation sites excluding steroid dienone is 2. The van der Waals surface area contributed by atoms with Crippen molar-refractivity contribution in [1.82, 2.24) is 9.80 Å². The number of ketones is 2. The van der Waals surface area contributed by atoms with Crippen molar-refractivity contribution >= 4 is 46.9 Å². The highest BCUT2D eigenvalue weighted by Gasteiger charge is 2.74. The number of piperazine rings is 1. The largest absolute Gasteiger partial charge is 0.387 e. The maximum Gasteiger partial charge on any atom is 0.261 e. The average molecular weight is 451 g/mol. The van der Waals surface area contributed by atoms with Crippen LogP contribution >= 0.6 is 23.5 Å². The van der Waals surface area contributed by atoms with Gasteiger partial charge in [0.15, 0.2) is 21.3 Å². The Hall–Kier alpha value is -1.62. The zero-order chi connectivity index (χ0) is 21.6. The number of rotatable bonds is 2. The van der Waals surface area contributed by atoms with Gasteiger partial charge >= 0.3 is 0 Å². The van der Waals surface area contributed by atoms with Crippen molar-refractivity contribution in [2.45, 2.75) is 46.9 Å². The molecule has 8 nitrogen and oxygen atoms in total. The summed E-state index contributed by atoms with van der Waals surface area (Å²) < 4.78 is 0. The van der Waals surface area contributed by atoms with E-state index in [9.17, 15) is 29.4 Å². The van der Waals surface area contributed by atoms with E-state index in [1.165, 1.54) is 57.6 Å². The van der Waals surface area contributed by atoms with Crippen LogP contribution in [-0.2, 0) is 19.2 Å². The quantitative estimate of drug-likeness (QED) is 0.582. The second-order valence-corrected chi connectivity index (χ2v) is 10.6. The van der Waals surface area contributed by atoms with Crippen LogP contribution in [0.3, 0.4) is 0 Å². The highest BCUT2D eigenvalue weighted by molar-refractivity contribution is 8.01. The van der Waals surface area contributed by atoms with Crippen LogP contribution in [0.25, 0.3) is 0 Å². The predicted octanol–water partition coefficient (Wildman–Crippen LogP) is -0.448. The first-order valence-corrected chi connectivity index (χ1v) is 12.3. The molecule has 5 aliphatic rings. The number of hydrogen-bond donors (Lipinski definition) is 2. The van der Waals surface area contributed by atoms with Gasteiger partial charge in [0.2, 0.25) is 0 Å². The third kappa shape index (κ3) is 2.18. The summed E-state index contributed by atoms with van der Waals surface area (Å²) in [5.41, 5.74) is 0. The molecule has 5 rings (SSSR count). The van der Waals surface area contributed by atoms with Gasteiger partial charge in [-0.25, -0.2) is 0 Å². The Bertz CT molecular complexity index is 862. The monoisotopic (exact) mass is 450 g/mol. The number of nitrogens with zero attached hydrogens (tertiary/aromatic N) is 2. The second-order valence-electron chi connectivity index (χ2n) is 8.43. The molecule has 0 aromatic heterocycles. The molecule has 0 radical (unpaired) electrons. The topological polar surface area (TPSA) is 115 Å². The van der Waals surface area contributed by atoms with Crippen LogP contribution in [0.5, 0.6) is 0 Å². The van der Waals surface area contributed by atoms with E-state index in [0.29, 0.717) is 0 Å². The number of aliphatic hydroxyl groups is 2. The summed E-state index contributed by atoms with van der Waals surface area (Å²) in [6, 6.07) is -1.64. The number of carbonyl (C=O) groups excluding carboxylic acids is 4. The molecule has 3 aliphatic heterocycles. The van der Waals surface area contributed by atoms with E-state index in [4.69, 9.17) is 0 Å². The van der Waals surface area contributed by atoms with Gasteiger partial charge in [0.25, 0.3) is 11.8 Å². The fourth-order valence-corrected chi connectivity index (χ4v) is 7.99. The van der Waals surface area contributed by atoms with E-state index < -0.39 is 45.9 Å². The lowest BCUT2D eigenvalue weighted by atomic mass is 9.85. The molecule has 8 atom stereocenters. The van der Waals surface area contributed by atoms with Crippen molar-refractivity contribution in [3.05, 3.63) is 24.3 Å². The molecule has 0 saturated carbocycles. The molecule has 2 aliphatic carbocycles. The molecule has 3 saturated heterocycles. The zero-order valence-corrected chi connectivity index (χ0v) is 18.1. The SMILES string of the molecule is CS[C@@]12C[C@H]3C(=O)C=C[C@H](O)[C@H]3N1C(=O)[C@]1(SC)C[C@H]3C(=O)C=C[C@H](O)[C@H]3N1C2=O. The van der Waals surface area contributed by atoms with Crippen LogP contribution in [0.2, 0.25) is 0 Å². The number of hydrogen-bond acceptors (Lipinski definition) is 8. The summed E-state index contributed by atoms with van der Waals surface area (Å²) in [6.07, 6.45) is 6.91. The van der Waals surface area contributed by atoms with Crippen LogP contribution in [0, 0.1) is 11.8 Å². The Balaban J connectivity index is 1.70. The zero-order valence-electron chi connectivity index (χ0n) is 16.4. The fourth-order valence-electron chi connectivity index (χ4n) is 5.95. The van der Waals surface area contributed by atoms with Gasteiger partial charge in [0.05, 0.1) is 24.3 Å². The molecular weight excluding hydrogens is 428 g/mol. The lowest BCUT2D eigenvalue weighted by Crippen LogP contribution is -2.74. The molecule has 0 aromatic rings. The van der Waals surface area contributed by atoms with E-state index in [1.807, 2.05) is 0 Å². The molecule has 0 spiro atoms. The number of thioether (sulfide) groups is 2. The van der Waals surface area contributed by atoms with E-state index in [2.05, 4.69) is 0 Å². The minimum absolute atomic E-state index is 0.0991. The van der Waals surface area contributed by atoms with Gasteiger partial charge in [-0.05, 0) is 24.7 Å². The van der Waals surface area contributed by atoms with Crippen molar-refractivity contribution in [2.75, 3.05) is 12.5 Å². The van der Waals surface area contributed by atoms with Gasteiger partial charge in [-0.2, -0.15) is 0 Å². The number of aliphatic hydroxyl groups excluding tert-OH is 2. The van der Waals surface area contributed by atoms with Crippen LogP contribution < -0.4 is 0 Å². The molecule has 3 heterocycles. The molecule has 3 fully saturated rings. The van der Waals surface area contributed by atoms with E-state index in [-0.39, 0.29) is 36.2 Å². The third-order valence-electron chi connectivity index (χ3n) is 7.32. The summed E-state index contributed by atoms with van der Waals surface area (Å²) in [5, 5.41) is 21.3. The first-order chi connectivity index (χ1) is 14.2. The number of amides is 2. The average Bonchev–Trinajstić information content (AvgIpc) is 3.29. The van der Waals surface area contributed by atoms with Gasteiger partial charge in [-0.15, -0.1) is 23.5 Å². The molecular formula is C20H22N2O6S2. The van der Waals surface area contributed by atoms with Gasteiger partial charge in [-0.1, -0.05) is 12.2 Å². The highest BCUT2D eigenvalue weighted by atomic mass is 32.2. The van der Waals surface area contributed by atoms with Crippen molar-refractivity contribution < 1.29 is 29.4 Å². The van der Waals surface area contributed by atoms with Crippen LogP contribution in [0.1, 0.15) is 12.8 Å². The first kappa shape index (κ1) is 20.3. The molecule has 0 aromatic carbocycles. The van der Waals surface area contributed by atoms with Crippen molar-refractivity contribution in [2.24, 2.45) is 11.8 Å². The van der Waals surface area contributed by atoms with Crippen molar-refractivity contribution in [3.63, 3.8) is 0 Å². The summed E-state index contributed by atoms with van der Waals surface area (Å²) >= 11 is 2.35. The van der Waals surface area contributed by atoms with Gasteiger partial charge in [-0.3, -0.25) is 19.2 Å². The molecule has 2 N–H and O–H groups in total. The lowest BCUT2D eigenvalue weighted by Gasteiger charge is -2.54. The second kappa shape index (κ2) is 6.44. The highest BCUT2D eigenvalue weighted by Crippen LogP contribution is 2.59. The smallest absolute Gasteiger partial charge is 0.261 e. The first-order valence-electron chi connectivity index (χ1n) is 9.81. The molecule has 2 amide bonds. The van der Waals surface area contributed by atoms with Crippen LogP contribution in [0.15, 0.2) is 24.3 Å². The van der Waals surface area contributed by atoms with Crippen molar-refractivity contribution in [3.8, 4) is 0 Å². The van der Waals surface area contributed by atoms with Crippen LogP contribution in [0.4, 0.5) is 0 Å². The van der Waals surface area contributed by atoms with Crippen molar-refractivity contribution in [1.29, 1.82) is 0 Å². The third-order valence-corrected chi connectivity index (χ3v) is 9.75. The maximum absolute atomic E-state index is 14.1. The molecule has 30 heavy (non-hydrogen) atoms. The molecule has 10 heteroatoms. The Kier molecular flexibility index (Phi) is 4.36. The van der Waals surface area contributed by atoms with Gasteiger partial charge in [0, 0.05) is 24.7 Å². The summed E-state index contributed by atoms with van der Waals surface area (Å²) in [7, 11) is 0. The fraction of sp³-hybridized carbons (Fsp3) is 0.600. The summed E-state index contributed by atoms with van der Waals surface area (Å²) in [6.45, 7) is 0. The lowest BCUT2D eigenvalue weighted by molar-refractivity contribution is -0.168. The molecule has 0 bridgehead atoms. The standard InChI is InChI=1S/C20H22N2O6S2/c1-29-19-7-9-11(23)3-5-13(25)15(9)21(19)18(28)20(30-2)8-10-12(24)4-6-14(26)16(10)22(20)17(19)27/h3-6,9-10,13-16,25-26H,7-8H2,1-2H3/t9-,10-,13-,14-,15-,16-,19+,20+/m0/s1. The minimum Gasteiger partial charge on any atom is -0.387 e. The van der Waals surface area contributed by atoms with Crippen LogP contribution in [-0.4, -0.2) is 89.9 Å². The Morgan fingerprint density at radius 2 is 1.17 bits per heavy atom. The normalized spacial score (nSPS) is 46.8. The number of fused-ring (bicyclic) bond motifs is 6. The molecule has 0 unspecified atom stereocenters. The summed E-state index contributed by atoms with van der Waals surface area (Å²) in [4.78, 5) is 53.4. The van der Waals surface area contributed by atoms with Gasteiger partial charge < -0.3 is 20.0 Å². The number of carbonyl (C=O) groups is 4. The minimum atomic E-state index is -1.35. The Morgan fingerprint density at radius 1 is 0.800 bits per heavy atom. The Labute approximate surface area is 181 Å².